The van der Waals surface area contributed by atoms with Gasteiger partial charge in [0.25, 0.3) is 0 Å². The molecule has 1 aromatic carbocycles. The average Bonchev–Trinajstić information content (AvgIpc) is 2.35. The van der Waals surface area contributed by atoms with Crippen LogP contribution in [-0.2, 0) is 10.0 Å². The number of nitrogens with one attached hydrogen (secondary N) is 1. The lowest BCUT2D eigenvalue weighted by Gasteiger charge is -2.06. The molecule has 0 aromatic heterocycles. The highest BCUT2D eigenvalue weighted by molar-refractivity contribution is 7.89. The van der Waals surface area contributed by atoms with Gasteiger partial charge >= 0.3 is 0 Å². The molecule has 4 nitrogen and oxygen atoms in total. The van der Waals surface area contributed by atoms with Crippen molar-refractivity contribution in [3.63, 3.8) is 0 Å². The predicted molar refractivity (Wildman–Crippen MR) is 65.7 cm³/mol. The van der Waals surface area contributed by atoms with E-state index in [0.717, 1.165) is 18.2 Å². The molecular formula is C12H13FN2O2S. The highest BCUT2D eigenvalue weighted by Gasteiger charge is 2.15. The second-order valence-corrected chi connectivity index (χ2v) is 5.28. The van der Waals surface area contributed by atoms with Crippen LogP contribution in [0.15, 0.2) is 35.2 Å². The fourth-order valence-corrected chi connectivity index (χ4v) is 2.36. The van der Waals surface area contributed by atoms with Crippen LogP contribution in [0.1, 0.15) is 18.9 Å². The standard InChI is InChI=1S/C12H13FN2O2S/c1-2-3-4-7-15-18(16,17)11-5-6-12(13)10(8-11)9-14/h2-3,5-6,8,15H,4,7H2,1H3/b3-2+. The van der Waals surface area contributed by atoms with E-state index in [4.69, 9.17) is 5.26 Å². The van der Waals surface area contributed by atoms with Gasteiger partial charge in [-0.2, -0.15) is 5.26 Å². The average molecular weight is 268 g/mol. The minimum atomic E-state index is -3.69. The smallest absolute Gasteiger partial charge is 0.211 e. The molecule has 18 heavy (non-hydrogen) atoms. The molecule has 6 heteroatoms. The van der Waals surface area contributed by atoms with Gasteiger partial charge in [-0.15, -0.1) is 0 Å². The second-order valence-electron chi connectivity index (χ2n) is 3.51. The number of hydrogen-bond donors (Lipinski definition) is 1. The molecule has 0 amide bonds. The van der Waals surface area contributed by atoms with Gasteiger partial charge in [-0.05, 0) is 31.5 Å². The third-order valence-electron chi connectivity index (χ3n) is 2.21. The summed E-state index contributed by atoms with van der Waals surface area (Å²) in [6.45, 7) is 2.10. The zero-order valence-corrected chi connectivity index (χ0v) is 10.7. The number of halogens is 1. The van der Waals surface area contributed by atoms with Gasteiger partial charge in [0.2, 0.25) is 10.0 Å². The van der Waals surface area contributed by atoms with Crippen molar-refractivity contribution in [3.05, 3.63) is 41.7 Å². The van der Waals surface area contributed by atoms with Crippen molar-refractivity contribution < 1.29 is 12.8 Å². The summed E-state index contributed by atoms with van der Waals surface area (Å²) in [5, 5.41) is 8.64. The Hall–Kier alpha value is -1.71. The molecule has 0 spiro atoms. The maximum absolute atomic E-state index is 13.1. The van der Waals surface area contributed by atoms with Crippen LogP contribution in [0.2, 0.25) is 0 Å². The van der Waals surface area contributed by atoms with Gasteiger partial charge in [-0.3, -0.25) is 0 Å². The quantitative estimate of drug-likeness (QED) is 0.655. The van der Waals surface area contributed by atoms with Gasteiger partial charge in [0.15, 0.2) is 0 Å². The maximum Gasteiger partial charge on any atom is 0.240 e. The van der Waals surface area contributed by atoms with Crippen molar-refractivity contribution in [2.75, 3.05) is 6.54 Å². The summed E-state index contributed by atoms with van der Waals surface area (Å²) in [5.74, 6) is -0.731. The van der Waals surface area contributed by atoms with Gasteiger partial charge in [0.1, 0.15) is 11.9 Å². The third-order valence-corrected chi connectivity index (χ3v) is 3.67. The Morgan fingerprint density at radius 3 is 2.83 bits per heavy atom. The Bertz CT molecular complexity index is 589. The van der Waals surface area contributed by atoms with Crippen LogP contribution in [0.3, 0.4) is 0 Å². The summed E-state index contributed by atoms with van der Waals surface area (Å²) in [5.41, 5.74) is -0.286. The molecule has 0 radical (unpaired) electrons. The molecule has 0 atom stereocenters. The number of allylic oxidation sites excluding steroid dienone is 1. The normalized spacial score (nSPS) is 11.6. The largest absolute Gasteiger partial charge is 0.240 e. The fraction of sp³-hybridized carbons (Fsp3) is 0.250. The van der Waals surface area contributed by atoms with Crippen molar-refractivity contribution in [1.29, 1.82) is 5.26 Å². The van der Waals surface area contributed by atoms with Gasteiger partial charge < -0.3 is 0 Å². The first-order valence-corrected chi connectivity index (χ1v) is 6.80. The van der Waals surface area contributed by atoms with E-state index in [0.29, 0.717) is 6.42 Å². The highest BCUT2D eigenvalue weighted by atomic mass is 32.2. The van der Waals surface area contributed by atoms with Gasteiger partial charge in [-0.1, -0.05) is 12.2 Å². The monoisotopic (exact) mass is 268 g/mol. The number of hydrogen-bond acceptors (Lipinski definition) is 3. The van der Waals surface area contributed by atoms with E-state index < -0.39 is 15.8 Å². The van der Waals surface area contributed by atoms with E-state index in [1.54, 1.807) is 6.07 Å². The van der Waals surface area contributed by atoms with Crippen LogP contribution in [0, 0.1) is 17.1 Å². The predicted octanol–water partition coefficient (Wildman–Crippen LogP) is 1.94. The Kier molecular flexibility index (Phi) is 5.01. The Labute approximate surface area is 106 Å². The van der Waals surface area contributed by atoms with Crippen molar-refractivity contribution in [2.45, 2.75) is 18.2 Å². The van der Waals surface area contributed by atoms with Gasteiger partial charge in [0.05, 0.1) is 10.5 Å². The Morgan fingerprint density at radius 1 is 1.50 bits per heavy atom. The molecule has 0 fully saturated rings. The highest BCUT2D eigenvalue weighted by Crippen LogP contribution is 2.14. The van der Waals surface area contributed by atoms with E-state index in [2.05, 4.69) is 4.72 Å². The number of sulfonamides is 1. The number of rotatable bonds is 5. The first-order chi connectivity index (χ1) is 8.51. The summed E-state index contributed by atoms with van der Waals surface area (Å²) in [4.78, 5) is -0.110. The summed E-state index contributed by atoms with van der Waals surface area (Å²) in [6.07, 6.45) is 4.22. The van der Waals surface area contributed by atoms with Gasteiger partial charge in [0, 0.05) is 6.54 Å². The van der Waals surface area contributed by atoms with E-state index in [1.807, 2.05) is 19.1 Å². The van der Waals surface area contributed by atoms with Crippen LogP contribution in [0.25, 0.3) is 0 Å². The lowest BCUT2D eigenvalue weighted by molar-refractivity contribution is 0.581. The fourth-order valence-electron chi connectivity index (χ4n) is 1.28. The summed E-state index contributed by atoms with van der Waals surface area (Å²) >= 11 is 0. The minimum absolute atomic E-state index is 0.110. The zero-order chi connectivity index (χ0) is 13.6. The first kappa shape index (κ1) is 14.4. The van der Waals surface area contributed by atoms with E-state index in [9.17, 15) is 12.8 Å². The molecule has 1 rings (SSSR count). The Morgan fingerprint density at radius 2 is 2.22 bits per heavy atom. The van der Waals surface area contributed by atoms with Crippen molar-refractivity contribution in [3.8, 4) is 6.07 Å². The first-order valence-electron chi connectivity index (χ1n) is 5.31. The molecule has 1 aromatic rings. The van der Waals surface area contributed by atoms with Crippen LogP contribution in [-0.4, -0.2) is 15.0 Å². The Balaban J connectivity index is 2.89. The third kappa shape index (κ3) is 3.65. The molecule has 0 aliphatic carbocycles. The number of nitrogens with zero attached hydrogens (tertiary/aromatic N) is 1. The second kappa shape index (κ2) is 6.28. The molecule has 0 heterocycles. The number of nitriles is 1. The maximum atomic E-state index is 13.1. The summed E-state index contributed by atoms with van der Waals surface area (Å²) in [7, 11) is -3.69. The molecule has 1 N–H and O–H groups in total. The zero-order valence-electron chi connectivity index (χ0n) is 9.85. The summed E-state index contributed by atoms with van der Waals surface area (Å²) < 4.78 is 39.0. The van der Waals surface area contributed by atoms with Crippen LogP contribution < -0.4 is 4.72 Å². The molecular weight excluding hydrogens is 255 g/mol. The number of benzene rings is 1. The SMILES string of the molecule is C/C=C/CCNS(=O)(=O)c1ccc(F)c(C#N)c1. The molecule has 0 bridgehead atoms. The molecule has 0 unspecified atom stereocenters. The van der Waals surface area contributed by atoms with Crippen molar-refractivity contribution >= 4 is 10.0 Å². The molecule has 0 aliphatic heterocycles. The van der Waals surface area contributed by atoms with Crippen LogP contribution >= 0.6 is 0 Å². The van der Waals surface area contributed by atoms with Crippen LogP contribution in [0.5, 0.6) is 0 Å². The van der Waals surface area contributed by atoms with Crippen LogP contribution in [0.4, 0.5) is 4.39 Å². The van der Waals surface area contributed by atoms with Crippen molar-refractivity contribution in [2.24, 2.45) is 0 Å². The van der Waals surface area contributed by atoms with Gasteiger partial charge in [-0.25, -0.2) is 17.5 Å². The summed E-state index contributed by atoms with van der Waals surface area (Å²) in [6, 6.07) is 4.73. The minimum Gasteiger partial charge on any atom is -0.211 e. The van der Waals surface area contributed by atoms with E-state index in [-0.39, 0.29) is 17.0 Å². The van der Waals surface area contributed by atoms with E-state index in [1.165, 1.54) is 0 Å². The van der Waals surface area contributed by atoms with E-state index >= 15 is 0 Å². The molecule has 96 valence electrons. The lowest BCUT2D eigenvalue weighted by atomic mass is 10.2. The van der Waals surface area contributed by atoms with Crippen molar-refractivity contribution in [1.82, 2.24) is 4.72 Å². The molecule has 0 aliphatic rings. The molecule has 0 saturated heterocycles. The molecule has 0 saturated carbocycles. The lowest BCUT2D eigenvalue weighted by Crippen LogP contribution is -2.24. The topological polar surface area (TPSA) is 70.0 Å².